The number of nitrogens with zero attached hydrogens (tertiary/aromatic N) is 2. The van der Waals surface area contributed by atoms with E-state index in [1.807, 2.05) is 11.8 Å². The van der Waals surface area contributed by atoms with Crippen LogP contribution in [-0.2, 0) is 9.53 Å². The quantitative estimate of drug-likeness (QED) is 0.816. The molecule has 0 spiro atoms. The van der Waals surface area contributed by atoms with Gasteiger partial charge in [-0.05, 0) is 19.8 Å². The highest BCUT2D eigenvalue weighted by molar-refractivity contribution is 5.87. The third-order valence-corrected chi connectivity index (χ3v) is 3.90. The van der Waals surface area contributed by atoms with Gasteiger partial charge in [0.15, 0.2) is 0 Å². The van der Waals surface area contributed by atoms with Crippen LogP contribution in [0.1, 0.15) is 32.6 Å². The zero-order chi connectivity index (χ0) is 14.4. The number of ether oxygens (including phenoxy) is 1. The molecule has 0 aromatic carbocycles. The van der Waals surface area contributed by atoms with Gasteiger partial charge >= 0.3 is 6.03 Å². The molecule has 2 rings (SSSR count). The molecule has 1 unspecified atom stereocenters. The van der Waals surface area contributed by atoms with Gasteiger partial charge in [0.1, 0.15) is 6.04 Å². The van der Waals surface area contributed by atoms with Crippen LogP contribution in [0.25, 0.3) is 0 Å². The van der Waals surface area contributed by atoms with E-state index in [1.54, 1.807) is 4.90 Å². The molecule has 1 atom stereocenters. The summed E-state index contributed by atoms with van der Waals surface area (Å²) in [6, 6.07) is -0.495. The number of amides is 3. The standard InChI is InChI=1S/C14H25N3O3/c1-2-15-13(18)12-11-20-10-9-17(12)14(19)16-7-5-3-4-6-8-16/h12H,2-11H2,1H3,(H,15,18). The largest absolute Gasteiger partial charge is 0.377 e. The van der Waals surface area contributed by atoms with Crippen molar-refractivity contribution in [3.63, 3.8) is 0 Å². The lowest BCUT2D eigenvalue weighted by atomic mass is 10.2. The maximum atomic E-state index is 12.6. The Morgan fingerprint density at radius 2 is 1.85 bits per heavy atom. The summed E-state index contributed by atoms with van der Waals surface area (Å²) in [4.78, 5) is 28.3. The second kappa shape index (κ2) is 7.47. The van der Waals surface area contributed by atoms with Gasteiger partial charge in [0.25, 0.3) is 0 Å². The summed E-state index contributed by atoms with van der Waals surface area (Å²) in [5.41, 5.74) is 0. The van der Waals surface area contributed by atoms with Crippen LogP contribution >= 0.6 is 0 Å². The molecule has 114 valence electrons. The van der Waals surface area contributed by atoms with Crippen molar-refractivity contribution in [3.05, 3.63) is 0 Å². The Morgan fingerprint density at radius 1 is 1.15 bits per heavy atom. The highest BCUT2D eigenvalue weighted by Gasteiger charge is 2.34. The Bertz CT molecular complexity index is 341. The van der Waals surface area contributed by atoms with Gasteiger partial charge in [0, 0.05) is 26.2 Å². The Labute approximate surface area is 120 Å². The average molecular weight is 283 g/mol. The number of rotatable bonds is 2. The molecule has 6 nitrogen and oxygen atoms in total. The first-order chi connectivity index (χ1) is 9.74. The molecule has 0 saturated carbocycles. The van der Waals surface area contributed by atoms with E-state index < -0.39 is 6.04 Å². The van der Waals surface area contributed by atoms with E-state index >= 15 is 0 Å². The summed E-state index contributed by atoms with van der Waals surface area (Å²) < 4.78 is 5.37. The van der Waals surface area contributed by atoms with Crippen LogP contribution in [-0.4, -0.2) is 67.2 Å². The number of urea groups is 1. The van der Waals surface area contributed by atoms with E-state index in [0.717, 1.165) is 25.9 Å². The number of carbonyl (C=O) groups is 2. The molecule has 0 aliphatic carbocycles. The van der Waals surface area contributed by atoms with Crippen molar-refractivity contribution >= 4 is 11.9 Å². The summed E-state index contributed by atoms with van der Waals surface area (Å²) in [6.45, 7) is 5.36. The molecule has 2 heterocycles. The molecule has 0 bridgehead atoms. The molecule has 0 aromatic rings. The van der Waals surface area contributed by atoms with Gasteiger partial charge in [-0.25, -0.2) is 4.79 Å². The summed E-state index contributed by atoms with van der Waals surface area (Å²) >= 11 is 0. The van der Waals surface area contributed by atoms with Crippen molar-refractivity contribution in [2.24, 2.45) is 0 Å². The second-order valence-corrected chi connectivity index (χ2v) is 5.36. The molecule has 3 amide bonds. The molecule has 0 aromatic heterocycles. The van der Waals surface area contributed by atoms with Gasteiger partial charge in [-0.2, -0.15) is 0 Å². The first-order valence-corrected chi connectivity index (χ1v) is 7.65. The van der Waals surface area contributed by atoms with Crippen molar-refractivity contribution in [1.82, 2.24) is 15.1 Å². The van der Waals surface area contributed by atoms with Crippen LogP contribution in [0.5, 0.6) is 0 Å². The van der Waals surface area contributed by atoms with Crippen molar-refractivity contribution in [1.29, 1.82) is 0 Å². The van der Waals surface area contributed by atoms with Crippen molar-refractivity contribution < 1.29 is 14.3 Å². The van der Waals surface area contributed by atoms with Crippen LogP contribution in [0.15, 0.2) is 0 Å². The number of hydrogen-bond acceptors (Lipinski definition) is 3. The molecule has 2 aliphatic rings. The minimum atomic E-state index is -0.487. The van der Waals surface area contributed by atoms with E-state index in [0.29, 0.717) is 26.3 Å². The monoisotopic (exact) mass is 283 g/mol. The second-order valence-electron chi connectivity index (χ2n) is 5.36. The molecule has 0 radical (unpaired) electrons. The molecular weight excluding hydrogens is 258 g/mol. The first kappa shape index (κ1) is 15.1. The van der Waals surface area contributed by atoms with E-state index in [-0.39, 0.29) is 11.9 Å². The lowest BCUT2D eigenvalue weighted by Crippen LogP contribution is -2.59. The Kier molecular flexibility index (Phi) is 5.64. The minimum Gasteiger partial charge on any atom is -0.377 e. The Balaban J connectivity index is 2.02. The predicted octanol–water partition coefficient (Wildman–Crippen LogP) is 0.819. The topological polar surface area (TPSA) is 61.9 Å². The number of likely N-dealkylation sites (tertiary alicyclic amines) is 1. The van der Waals surface area contributed by atoms with E-state index in [9.17, 15) is 9.59 Å². The molecule has 1 N–H and O–H groups in total. The number of hydrogen-bond donors (Lipinski definition) is 1. The summed E-state index contributed by atoms with van der Waals surface area (Å²) in [6.07, 6.45) is 4.49. The van der Waals surface area contributed by atoms with Crippen LogP contribution in [0, 0.1) is 0 Å². The van der Waals surface area contributed by atoms with Crippen LogP contribution < -0.4 is 5.32 Å². The summed E-state index contributed by atoms with van der Waals surface area (Å²) in [5.74, 6) is -0.115. The fraction of sp³-hybridized carbons (Fsp3) is 0.857. The predicted molar refractivity (Wildman–Crippen MR) is 75.4 cm³/mol. The number of morpholine rings is 1. The van der Waals surface area contributed by atoms with Gasteiger partial charge in [0.05, 0.1) is 13.2 Å². The van der Waals surface area contributed by atoms with Crippen LogP contribution in [0.4, 0.5) is 4.79 Å². The van der Waals surface area contributed by atoms with Gasteiger partial charge in [-0.1, -0.05) is 12.8 Å². The van der Waals surface area contributed by atoms with E-state index in [4.69, 9.17) is 4.74 Å². The highest BCUT2D eigenvalue weighted by atomic mass is 16.5. The average Bonchev–Trinajstić information content (AvgIpc) is 2.76. The Morgan fingerprint density at radius 3 is 2.50 bits per heavy atom. The van der Waals surface area contributed by atoms with Gasteiger partial charge in [-0.3, -0.25) is 4.79 Å². The number of likely N-dealkylation sites (N-methyl/N-ethyl adjacent to an activating group) is 1. The number of nitrogens with one attached hydrogen (secondary N) is 1. The summed E-state index contributed by atoms with van der Waals surface area (Å²) in [5, 5.41) is 2.78. The Hall–Kier alpha value is -1.30. The smallest absolute Gasteiger partial charge is 0.320 e. The highest BCUT2D eigenvalue weighted by Crippen LogP contribution is 2.15. The van der Waals surface area contributed by atoms with E-state index in [2.05, 4.69) is 5.32 Å². The molecule has 20 heavy (non-hydrogen) atoms. The van der Waals surface area contributed by atoms with Gasteiger partial charge in [0.2, 0.25) is 5.91 Å². The van der Waals surface area contributed by atoms with Gasteiger partial charge in [-0.15, -0.1) is 0 Å². The lowest BCUT2D eigenvalue weighted by Gasteiger charge is -2.37. The normalized spacial score (nSPS) is 24.1. The lowest BCUT2D eigenvalue weighted by molar-refractivity contribution is -0.130. The molecule has 2 aliphatic heterocycles. The zero-order valence-electron chi connectivity index (χ0n) is 12.3. The maximum absolute atomic E-state index is 12.6. The zero-order valence-corrected chi connectivity index (χ0v) is 12.3. The fourth-order valence-corrected chi connectivity index (χ4v) is 2.79. The number of carbonyl (C=O) groups excluding carboxylic acids is 2. The minimum absolute atomic E-state index is 0.00791. The van der Waals surface area contributed by atoms with Crippen LogP contribution in [0.3, 0.4) is 0 Å². The molecule has 2 saturated heterocycles. The molecule has 2 fully saturated rings. The third-order valence-electron chi connectivity index (χ3n) is 3.90. The molecule has 6 heteroatoms. The van der Waals surface area contributed by atoms with Crippen LogP contribution in [0.2, 0.25) is 0 Å². The van der Waals surface area contributed by atoms with Crippen molar-refractivity contribution in [2.45, 2.75) is 38.6 Å². The van der Waals surface area contributed by atoms with E-state index in [1.165, 1.54) is 12.8 Å². The maximum Gasteiger partial charge on any atom is 0.320 e. The first-order valence-electron chi connectivity index (χ1n) is 7.65. The summed E-state index contributed by atoms with van der Waals surface area (Å²) in [7, 11) is 0. The fourth-order valence-electron chi connectivity index (χ4n) is 2.79. The van der Waals surface area contributed by atoms with Gasteiger partial charge < -0.3 is 19.9 Å². The SMILES string of the molecule is CCNC(=O)C1COCCN1C(=O)N1CCCCCC1. The van der Waals surface area contributed by atoms with Crippen molar-refractivity contribution in [2.75, 3.05) is 39.4 Å². The molecular formula is C14H25N3O3. The van der Waals surface area contributed by atoms with Crippen molar-refractivity contribution in [3.8, 4) is 0 Å². The third kappa shape index (κ3) is 3.62.